The number of unbranched alkanes of at least 4 members (excludes halogenated alkanes) is 2. The van der Waals surface area contributed by atoms with Gasteiger partial charge in [-0.2, -0.15) is 0 Å². The van der Waals surface area contributed by atoms with Gasteiger partial charge in [0.25, 0.3) is 0 Å². The first-order valence-corrected chi connectivity index (χ1v) is 5.33. The summed E-state index contributed by atoms with van der Waals surface area (Å²) in [6.45, 7) is 3.17. The number of hydrogen-bond acceptors (Lipinski definition) is 1. The fourth-order valence-corrected chi connectivity index (χ4v) is 1.35. The van der Waals surface area contributed by atoms with E-state index in [0.29, 0.717) is 0 Å². The average molecular weight is 395 g/mol. The molecule has 69 valence electrons. The third kappa shape index (κ3) is 18.6. The van der Waals surface area contributed by atoms with Crippen LogP contribution in [0.2, 0.25) is 3.93 Å². The first-order chi connectivity index (χ1) is 4.27. The van der Waals surface area contributed by atoms with E-state index in [1.807, 2.05) is 0 Å². The molecule has 0 aromatic carbocycles. The van der Waals surface area contributed by atoms with Gasteiger partial charge in [0.1, 0.15) is 0 Å². The Morgan fingerprint density at radius 1 is 1.18 bits per heavy atom. The zero-order valence-electron chi connectivity index (χ0n) is 7.01. The third-order valence-corrected chi connectivity index (χ3v) is 2.17. The van der Waals surface area contributed by atoms with Crippen LogP contribution in [-0.4, -0.2) is 29.1 Å². The first kappa shape index (κ1) is 18.5. The van der Waals surface area contributed by atoms with E-state index in [-0.39, 0.29) is 34.0 Å². The van der Waals surface area contributed by atoms with E-state index in [1.54, 1.807) is 22.5 Å². The van der Waals surface area contributed by atoms with Crippen LogP contribution < -0.4 is 5.73 Å². The van der Waals surface area contributed by atoms with Crippen molar-refractivity contribution in [2.45, 2.75) is 36.5 Å². The Hall–Kier alpha value is 1.72. The second-order valence-electron chi connectivity index (χ2n) is 2.54. The third-order valence-electron chi connectivity index (χ3n) is 1.34. The van der Waals surface area contributed by atoms with E-state index in [9.17, 15) is 0 Å². The normalized spacial score (nSPS) is 11.2. The van der Waals surface area contributed by atoms with Gasteiger partial charge in [0, 0.05) is 0 Å². The van der Waals surface area contributed by atoms with Crippen LogP contribution in [-0.2, 0) is 0 Å². The Bertz CT molecular complexity index is 62.4. The number of hydrogen-bond donors (Lipinski definition) is 1. The SMILES string of the molecule is Br.Br.C[CH]([Sn])CCCCCN. The van der Waals surface area contributed by atoms with Crippen LogP contribution in [0.5, 0.6) is 0 Å². The van der Waals surface area contributed by atoms with Gasteiger partial charge < -0.3 is 0 Å². The van der Waals surface area contributed by atoms with Crippen molar-refractivity contribution < 1.29 is 0 Å². The molecule has 0 aliphatic rings. The van der Waals surface area contributed by atoms with Crippen LogP contribution in [0.25, 0.3) is 0 Å². The van der Waals surface area contributed by atoms with Crippen molar-refractivity contribution in [3.05, 3.63) is 0 Å². The number of rotatable bonds is 5. The second kappa shape index (κ2) is 14.3. The van der Waals surface area contributed by atoms with E-state index >= 15 is 0 Å². The molecule has 0 saturated heterocycles. The van der Waals surface area contributed by atoms with Gasteiger partial charge in [0.15, 0.2) is 0 Å². The van der Waals surface area contributed by atoms with Crippen LogP contribution in [0.15, 0.2) is 0 Å². The molecule has 1 nitrogen and oxygen atoms in total. The summed E-state index contributed by atoms with van der Waals surface area (Å²) >= 11 is 1.68. The molecular weight excluding hydrogens is 377 g/mol. The summed E-state index contributed by atoms with van der Waals surface area (Å²) in [6, 6.07) is 0. The Labute approximate surface area is 105 Å². The van der Waals surface area contributed by atoms with Crippen molar-refractivity contribution in [1.82, 2.24) is 0 Å². The molecule has 0 spiro atoms. The van der Waals surface area contributed by atoms with Crippen LogP contribution in [0, 0.1) is 0 Å². The van der Waals surface area contributed by atoms with Crippen molar-refractivity contribution in [3.63, 3.8) is 0 Å². The molecule has 1 atom stereocenters. The molecule has 4 heteroatoms. The molecule has 0 amide bonds. The zero-order valence-corrected chi connectivity index (χ0v) is 13.3. The van der Waals surface area contributed by atoms with Crippen molar-refractivity contribution in [1.29, 1.82) is 0 Å². The molecule has 2 N–H and O–H groups in total. The van der Waals surface area contributed by atoms with E-state index < -0.39 is 0 Å². The summed E-state index contributed by atoms with van der Waals surface area (Å²) in [4.78, 5) is 0. The zero-order chi connectivity index (χ0) is 7.11. The van der Waals surface area contributed by atoms with Crippen molar-refractivity contribution >= 4 is 56.5 Å². The van der Waals surface area contributed by atoms with E-state index in [4.69, 9.17) is 5.73 Å². The fourth-order valence-electron chi connectivity index (χ4n) is 0.772. The first-order valence-electron chi connectivity index (χ1n) is 3.68. The molecule has 0 aromatic heterocycles. The number of nitrogens with two attached hydrogens (primary N) is 1. The molecule has 0 aliphatic heterocycles. The molecule has 0 aliphatic carbocycles. The van der Waals surface area contributed by atoms with Crippen LogP contribution in [0.1, 0.15) is 32.6 Å². The van der Waals surface area contributed by atoms with Gasteiger partial charge in [-0.05, 0) is 0 Å². The molecule has 1 unspecified atom stereocenters. The minimum absolute atomic E-state index is 0. The Kier molecular flexibility index (Phi) is 24.0. The predicted octanol–water partition coefficient (Wildman–Crippen LogP) is 2.64. The van der Waals surface area contributed by atoms with Crippen molar-refractivity contribution in [2.24, 2.45) is 5.73 Å². The van der Waals surface area contributed by atoms with Crippen LogP contribution in [0.4, 0.5) is 0 Å². The molecule has 0 bridgehead atoms. The number of halogens is 2. The average Bonchev–Trinajstić information content (AvgIpc) is 1.80. The Morgan fingerprint density at radius 2 is 1.73 bits per heavy atom. The molecule has 0 heterocycles. The van der Waals surface area contributed by atoms with Crippen molar-refractivity contribution in [2.75, 3.05) is 6.54 Å². The Morgan fingerprint density at radius 3 is 2.09 bits per heavy atom. The summed E-state index contributed by atoms with van der Waals surface area (Å²) in [5.41, 5.74) is 5.35. The fraction of sp³-hybridized carbons (Fsp3) is 1.00. The molecule has 0 saturated carbocycles. The van der Waals surface area contributed by atoms with E-state index in [2.05, 4.69) is 6.92 Å². The molecule has 3 radical (unpaired) electrons. The molecule has 11 heavy (non-hydrogen) atoms. The second-order valence-corrected chi connectivity index (χ2v) is 5.35. The van der Waals surface area contributed by atoms with Gasteiger partial charge in [0.05, 0.1) is 0 Å². The summed E-state index contributed by atoms with van der Waals surface area (Å²) < 4.78 is 0.954. The molecule has 0 fully saturated rings. The quantitative estimate of drug-likeness (QED) is 0.563. The monoisotopic (exact) mass is 394 g/mol. The van der Waals surface area contributed by atoms with Crippen LogP contribution >= 0.6 is 34.0 Å². The molecular formula is C7H18Br2NSn. The maximum absolute atomic E-state index is 5.35. The van der Waals surface area contributed by atoms with Gasteiger partial charge in [-0.1, -0.05) is 0 Å². The van der Waals surface area contributed by atoms with Gasteiger partial charge in [-0.25, -0.2) is 0 Å². The summed E-state index contributed by atoms with van der Waals surface area (Å²) in [6.07, 6.45) is 5.32. The molecule has 0 aromatic rings. The van der Waals surface area contributed by atoms with Gasteiger partial charge in [-0.3, -0.25) is 0 Å². The summed E-state index contributed by atoms with van der Waals surface area (Å²) in [5, 5.41) is 0. The minimum atomic E-state index is 0. The standard InChI is InChI=1S/C7H16N.2BrH.Sn/c1-2-3-4-5-6-7-8;;;/h2H,3-8H2,1H3;2*1H;. The van der Waals surface area contributed by atoms with Crippen LogP contribution in [0.3, 0.4) is 0 Å². The van der Waals surface area contributed by atoms with Gasteiger partial charge in [-0.15, -0.1) is 34.0 Å². The van der Waals surface area contributed by atoms with E-state index in [0.717, 1.165) is 10.5 Å². The predicted molar refractivity (Wildman–Crippen MR) is 63.3 cm³/mol. The topological polar surface area (TPSA) is 26.0 Å². The van der Waals surface area contributed by atoms with E-state index in [1.165, 1.54) is 25.7 Å². The summed E-state index contributed by atoms with van der Waals surface area (Å²) in [5.74, 6) is 0. The van der Waals surface area contributed by atoms with Gasteiger partial charge >= 0.3 is 71.3 Å². The summed E-state index contributed by atoms with van der Waals surface area (Å²) in [7, 11) is 0. The Balaban J connectivity index is -0.000000320. The van der Waals surface area contributed by atoms with Crippen molar-refractivity contribution in [3.8, 4) is 0 Å². The maximum atomic E-state index is 5.35. The molecule has 0 rings (SSSR count). The van der Waals surface area contributed by atoms with Gasteiger partial charge in [0.2, 0.25) is 0 Å².